The maximum absolute atomic E-state index is 12.3. The van der Waals surface area contributed by atoms with Gasteiger partial charge in [0.15, 0.2) is 6.10 Å². The van der Waals surface area contributed by atoms with Gasteiger partial charge in [0.25, 0.3) is 0 Å². The van der Waals surface area contributed by atoms with E-state index in [0.717, 1.165) is 22.6 Å². The SMILES string of the molecule is Cc1cc(C)n(-c2ccc(C(C)NC(=O)[C@@H]3CC[C@H](C(=O)O)O3)cc2)n1. The maximum atomic E-state index is 12.3. The summed E-state index contributed by atoms with van der Waals surface area (Å²) in [5.41, 5.74) is 3.93. The Balaban J connectivity index is 1.63. The fraction of sp³-hybridized carbons (Fsp3) is 0.421. The van der Waals surface area contributed by atoms with Crippen LogP contribution in [0.5, 0.6) is 0 Å². The van der Waals surface area contributed by atoms with Gasteiger partial charge in [0, 0.05) is 5.69 Å². The molecule has 2 heterocycles. The molecule has 138 valence electrons. The van der Waals surface area contributed by atoms with Crippen molar-refractivity contribution in [2.45, 2.75) is 51.9 Å². The fourth-order valence-electron chi connectivity index (χ4n) is 3.20. The predicted octanol–water partition coefficient (Wildman–Crippen LogP) is 2.30. The third-order valence-corrected chi connectivity index (χ3v) is 4.59. The number of hydrogen-bond donors (Lipinski definition) is 2. The fourth-order valence-corrected chi connectivity index (χ4v) is 3.20. The lowest BCUT2D eigenvalue weighted by molar-refractivity contribution is -0.151. The van der Waals surface area contributed by atoms with Gasteiger partial charge in [0.1, 0.15) is 6.10 Å². The smallest absolute Gasteiger partial charge is 0.332 e. The topological polar surface area (TPSA) is 93.5 Å². The summed E-state index contributed by atoms with van der Waals surface area (Å²) in [6.45, 7) is 5.85. The van der Waals surface area contributed by atoms with Crippen LogP contribution < -0.4 is 5.32 Å². The molecule has 1 fully saturated rings. The summed E-state index contributed by atoms with van der Waals surface area (Å²) in [6, 6.07) is 9.64. The van der Waals surface area contributed by atoms with Gasteiger partial charge in [-0.05, 0) is 57.4 Å². The van der Waals surface area contributed by atoms with Crippen LogP contribution in [-0.4, -0.2) is 39.0 Å². The number of aryl methyl sites for hydroxylation is 2. The minimum Gasteiger partial charge on any atom is -0.479 e. The molecular formula is C19H23N3O4. The molecule has 0 aliphatic carbocycles. The molecule has 1 unspecified atom stereocenters. The standard InChI is InChI=1S/C19H23N3O4/c1-11-10-12(2)22(21-11)15-6-4-14(5-7-15)13(3)20-18(23)16-8-9-17(26-16)19(24)25/h4-7,10,13,16-17H,8-9H2,1-3H3,(H,20,23)(H,24,25)/t13?,16-,17+/m0/s1. The summed E-state index contributed by atoms with van der Waals surface area (Å²) in [4.78, 5) is 23.2. The predicted molar refractivity (Wildman–Crippen MR) is 95.1 cm³/mol. The Hall–Kier alpha value is -2.67. The Labute approximate surface area is 152 Å². The highest BCUT2D eigenvalue weighted by Crippen LogP contribution is 2.22. The van der Waals surface area contributed by atoms with E-state index < -0.39 is 18.2 Å². The van der Waals surface area contributed by atoms with Crippen molar-refractivity contribution < 1.29 is 19.4 Å². The lowest BCUT2D eigenvalue weighted by atomic mass is 10.1. The number of rotatable bonds is 5. The Kier molecular flexibility index (Phi) is 5.08. The molecule has 1 aromatic heterocycles. The summed E-state index contributed by atoms with van der Waals surface area (Å²) in [7, 11) is 0. The Morgan fingerprint density at radius 3 is 2.42 bits per heavy atom. The van der Waals surface area contributed by atoms with Crippen LogP contribution in [0.1, 0.15) is 42.8 Å². The first-order chi connectivity index (χ1) is 12.3. The van der Waals surface area contributed by atoms with Crippen molar-refractivity contribution in [2.75, 3.05) is 0 Å². The highest BCUT2D eigenvalue weighted by atomic mass is 16.5. The summed E-state index contributed by atoms with van der Waals surface area (Å²) < 4.78 is 7.17. The Bertz CT molecular complexity index is 813. The number of nitrogens with zero attached hydrogens (tertiary/aromatic N) is 2. The minimum absolute atomic E-state index is 0.204. The molecule has 1 saturated heterocycles. The molecular weight excluding hydrogens is 334 g/mol. The minimum atomic E-state index is -1.02. The van der Waals surface area contributed by atoms with E-state index in [4.69, 9.17) is 9.84 Å². The summed E-state index contributed by atoms with van der Waals surface area (Å²) in [5, 5.41) is 16.3. The average Bonchev–Trinajstić information content (AvgIpc) is 3.21. The quantitative estimate of drug-likeness (QED) is 0.856. The van der Waals surface area contributed by atoms with Gasteiger partial charge < -0.3 is 15.2 Å². The van der Waals surface area contributed by atoms with Gasteiger partial charge in [-0.25, -0.2) is 9.48 Å². The van der Waals surface area contributed by atoms with Crippen molar-refractivity contribution in [3.05, 3.63) is 47.3 Å². The molecule has 1 amide bonds. The highest BCUT2D eigenvalue weighted by molar-refractivity contribution is 5.83. The second-order valence-corrected chi connectivity index (χ2v) is 6.69. The molecule has 0 spiro atoms. The molecule has 26 heavy (non-hydrogen) atoms. The average molecular weight is 357 g/mol. The van der Waals surface area contributed by atoms with Crippen LogP contribution in [0.4, 0.5) is 0 Å². The second kappa shape index (κ2) is 7.29. The first kappa shape index (κ1) is 18.1. The number of carbonyl (C=O) groups is 2. The van der Waals surface area contributed by atoms with Crippen LogP contribution >= 0.6 is 0 Å². The molecule has 2 aromatic rings. The van der Waals surface area contributed by atoms with E-state index in [2.05, 4.69) is 10.4 Å². The second-order valence-electron chi connectivity index (χ2n) is 6.69. The molecule has 0 radical (unpaired) electrons. The van der Waals surface area contributed by atoms with Crippen molar-refractivity contribution >= 4 is 11.9 Å². The van der Waals surface area contributed by atoms with Crippen LogP contribution in [0.15, 0.2) is 30.3 Å². The number of aromatic nitrogens is 2. The van der Waals surface area contributed by atoms with E-state index in [1.807, 2.05) is 55.8 Å². The Morgan fingerprint density at radius 1 is 1.23 bits per heavy atom. The third-order valence-electron chi connectivity index (χ3n) is 4.59. The number of carbonyl (C=O) groups excluding carboxylic acids is 1. The van der Waals surface area contributed by atoms with Crippen LogP contribution in [0.25, 0.3) is 5.69 Å². The maximum Gasteiger partial charge on any atom is 0.332 e. The van der Waals surface area contributed by atoms with Gasteiger partial charge in [-0.15, -0.1) is 0 Å². The molecule has 0 saturated carbocycles. The molecule has 0 bridgehead atoms. The molecule has 3 atom stereocenters. The van der Waals surface area contributed by atoms with Crippen LogP contribution in [0.3, 0.4) is 0 Å². The molecule has 2 N–H and O–H groups in total. The number of carboxylic acids is 1. The number of nitrogens with one attached hydrogen (secondary N) is 1. The van der Waals surface area contributed by atoms with E-state index in [9.17, 15) is 9.59 Å². The van der Waals surface area contributed by atoms with E-state index >= 15 is 0 Å². The van der Waals surface area contributed by atoms with Gasteiger partial charge in [-0.2, -0.15) is 5.10 Å². The van der Waals surface area contributed by atoms with E-state index in [1.54, 1.807) is 0 Å². The van der Waals surface area contributed by atoms with Gasteiger partial charge in [0.2, 0.25) is 5.91 Å². The zero-order valence-corrected chi connectivity index (χ0v) is 15.1. The number of hydrogen-bond acceptors (Lipinski definition) is 4. The summed E-state index contributed by atoms with van der Waals surface area (Å²) in [5.74, 6) is -1.29. The van der Waals surface area contributed by atoms with Crippen LogP contribution in [0, 0.1) is 13.8 Å². The normalized spacial score (nSPS) is 20.7. The van der Waals surface area contributed by atoms with Gasteiger partial charge in [-0.3, -0.25) is 4.79 Å². The number of aliphatic carboxylic acids is 1. The molecule has 1 aliphatic heterocycles. The molecule has 1 aromatic carbocycles. The molecule has 3 rings (SSSR count). The monoisotopic (exact) mass is 357 g/mol. The number of carboxylic acid groups (broad SMARTS) is 1. The van der Waals surface area contributed by atoms with E-state index in [-0.39, 0.29) is 11.9 Å². The lowest BCUT2D eigenvalue weighted by Gasteiger charge is -2.18. The Morgan fingerprint density at radius 2 is 1.88 bits per heavy atom. The number of amides is 1. The highest BCUT2D eigenvalue weighted by Gasteiger charge is 2.35. The first-order valence-corrected chi connectivity index (χ1v) is 8.67. The zero-order valence-electron chi connectivity index (χ0n) is 15.1. The van der Waals surface area contributed by atoms with Crippen molar-refractivity contribution in [3.63, 3.8) is 0 Å². The largest absolute Gasteiger partial charge is 0.479 e. The first-order valence-electron chi connectivity index (χ1n) is 8.67. The third kappa shape index (κ3) is 3.77. The van der Waals surface area contributed by atoms with Crippen molar-refractivity contribution in [3.8, 4) is 5.69 Å². The lowest BCUT2D eigenvalue weighted by Crippen LogP contribution is -2.37. The van der Waals surface area contributed by atoms with Gasteiger partial charge in [-0.1, -0.05) is 12.1 Å². The van der Waals surface area contributed by atoms with Gasteiger partial charge in [0.05, 0.1) is 17.4 Å². The molecule has 7 heteroatoms. The zero-order chi connectivity index (χ0) is 18.8. The summed E-state index contributed by atoms with van der Waals surface area (Å²) >= 11 is 0. The number of benzene rings is 1. The molecule has 7 nitrogen and oxygen atoms in total. The van der Waals surface area contributed by atoms with Crippen molar-refractivity contribution in [1.82, 2.24) is 15.1 Å². The van der Waals surface area contributed by atoms with E-state index in [1.165, 1.54) is 0 Å². The van der Waals surface area contributed by atoms with Crippen LogP contribution in [-0.2, 0) is 14.3 Å². The van der Waals surface area contributed by atoms with Gasteiger partial charge >= 0.3 is 5.97 Å². The van der Waals surface area contributed by atoms with Crippen molar-refractivity contribution in [2.24, 2.45) is 0 Å². The summed E-state index contributed by atoms with van der Waals surface area (Å²) in [6.07, 6.45) is -0.806. The number of ether oxygens (including phenoxy) is 1. The van der Waals surface area contributed by atoms with E-state index in [0.29, 0.717) is 12.8 Å². The molecule has 1 aliphatic rings. The van der Waals surface area contributed by atoms with Crippen LogP contribution in [0.2, 0.25) is 0 Å². The van der Waals surface area contributed by atoms with Crippen molar-refractivity contribution in [1.29, 1.82) is 0 Å².